The molecule has 0 spiro atoms. The molecule has 17 heteroatoms. The molecule has 4 N–H and O–H groups in total. The minimum absolute atomic E-state index is 0. The summed E-state index contributed by atoms with van der Waals surface area (Å²) in [5.41, 5.74) is -2.04. The van der Waals surface area contributed by atoms with Crippen LogP contribution in [0.4, 0.5) is 4.79 Å². The maximum Gasteiger partial charge on any atom is 1.00 e. The van der Waals surface area contributed by atoms with Crippen molar-refractivity contribution < 1.29 is 94.5 Å². The zero-order chi connectivity index (χ0) is 26.8. The molecule has 0 bridgehead atoms. The van der Waals surface area contributed by atoms with Crippen molar-refractivity contribution in [3.63, 3.8) is 0 Å². The zero-order valence-electron chi connectivity index (χ0n) is 21.2. The second kappa shape index (κ2) is 12.0. The van der Waals surface area contributed by atoms with Crippen LogP contribution in [0.15, 0.2) is 30.3 Å². The third-order valence-corrected chi connectivity index (χ3v) is 6.95. The van der Waals surface area contributed by atoms with Gasteiger partial charge in [-0.2, -0.15) is 8.42 Å². The molecule has 7 amide bonds. The van der Waals surface area contributed by atoms with E-state index in [2.05, 4.69) is 16.0 Å². The molecule has 2 saturated heterocycles. The molecule has 3 rings (SSSR count). The van der Waals surface area contributed by atoms with Gasteiger partial charge in [-0.15, -0.1) is 0 Å². The molecule has 1 aromatic carbocycles. The van der Waals surface area contributed by atoms with Gasteiger partial charge < -0.3 is 22.3 Å². The average molecular weight is 565 g/mol. The number of rotatable bonds is 8. The molecule has 1 aromatic rings. The van der Waals surface area contributed by atoms with E-state index in [-0.39, 0.29) is 88.7 Å². The Morgan fingerprint density at radius 1 is 1.19 bits per heavy atom. The summed E-state index contributed by atoms with van der Waals surface area (Å²) in [6, 6.07) is 3.63. The van der Waals surface area contributed by atoms with Crippen LogP contribution in [-0.4, -0.2) is 94.5 Å². The Labute approximate surface area is 256 Å². The quantitative estimate of drug-likeness (QED) is 0.0594. The summed E-state index contributed by atoms with van der Waals surface area (Å²) in [6.45, 7) is 3.07. The molecule has 3 unspecified atom stereocenters. The molecule has 3 atom stereocenters. The number of imide groups is 1. The first-order valence-corrected chi connectivity index (χ1v) is 12.1. The van der Waals surface area contributed by atoms with Crippen LogP contribution in [-0.2, 0) is 34.3 Å². The summed E-state index contributed by atoms with van der Waals surface area (Å²) in [5, 5.41) is 6.65. The maximum atomic E-state index is 13.3. The van der Waals surface area contributed by atoms with Crippen molar-refractivity contribution in [3.8, 4) is 0 Å². The van der Waals surface area contributed by atoms with E-state index >= 15 is 0 Å². The fraction of sp³-hybridized carbons (Fsp3) is 0.400. The Bertz CT molecular complexity index is 1220. The molecule has 15 nitrogen and oxygen atoms in total. The number of β-lactam (4-membered cyclic amide) rings is 1. The van der Waals surface area contributed by atoms with Gasteiger partial charge >= 0.3 is 79.5 Å². The standard InChI is InChI=1S/C20H24N6O9S.K.H/c1-3-24-9-10-25(17(30)16(24)29)19(32)22-14(13-7-5-4-6-8-13)15(28)23-20(21-11-27)12(2)26(18(20)31)36(33,34)35;;/h4-8,11-12,14H,3,9-10H2,1-2H3,(H,21,27)(H,22,32)(H,23,28)(H,33,34,35);;/q;+1;-1. The number of nitrogens with one attached hydrogen (secondary N) is 3. The Morgan fingerprint density at radius 3 is 2.32 bits per heavy atom. The van der Waals surface area contributed by atoms with Gasteiger partial charge in [0.2, 0.25) is 18.0 Å². The van der Waals surface area contributed by atoms with Crippen LogP contribution >= 0.6 is 0 Å². The minimum Gasteiger partial charge on any atom is -1.00 e. The molecular formula is C20H25KN6O9S. The maximum absolute atomic E-state index is 13.3. The predicted molar refractivity (Wildman–Crippen MR) is 121 cm³/mol. The molecular weight excluding hydrogens is 539 g/mol. The first-order valence-electron chi connectivity index (χ1n) is 10.7. The Morgan fingerprint density at radius 2 is 1.81 bits per heavy atom. The zero-order valence-corrected chi connectivity index (χ0v) is 24.1. The second-order valence-electron chi connectivity index (χ2n) is 7.95. The molecule has 2 fully saturated rings. The van der Waals surface area contributed by atoms with Crippen LogP contribution in [0.3, 0.4) is 0 Å². The van der Waals surface area contributed by atoms with E-state index < -0.39 is 57.7 Å². The van der Waals surface area contributed by atoms with Crippen molar-refractivity contribution >= 4 is 46.4 Å². The van der Waals surface area contributed by atoms with Gasteiger partial charge in [0.25, 0.3) is 5.91 Å². The van der Waals surface area contributed by atoms with E-state index in [1.807, 2.05) is 0 Å². The van der Waals surface area contributed by atoms with Gasteiger partial charge in [-0.3, -0.25) is 33.4 Å². The van der Waals surface area contributed by atoms with Gasteiger partial charge in [-0.1, -0.05) is 30.3 Å². The summed E-state index contributed by atoms with van der Waals surface area (Å²) >= 11 is 0. The topological polar surface area (TPSA) is 203 Å². The number of urea groups is 1. The largest absolute Gasteiger partial charge is 1.00 e. The monoisotopic (exact) mass is 564 g/mol. The Kier molecular flexibility index (Phi) is 9.97. The number of piperazine rings is 1. The number of nitrogens with zero attached hydrogens (tertiary/aromatic N) is 3. The molecule has 2 heterocycles. The summed E-state index contributed by atoms with van der Waals surface area (Å²) in [7, 11) is -4.99. The third-order valence-electron chi connectivity index (χ3n) is 5.97. The molecule has 2 aliphatic heterocycles. The summed E-state index contributed by atoms with van der Waals surface area (Å²) in [4.78, 5) is 76.5. The van der Waals surface area contributed by atoms with Gasteiger partial charge in [0.05, 0.1) is 6.04 Å². The molecule has 0 saturated carbocycles. The van der Waals surface area contributed by atoms with Crippen molar-refractivity contribution in [3.05, 3.63) is 35.9 Å². The second-order valence-corrected chi connectivity index (χ2v) is 9.24. The van der Waals surface area contributed by atoms with E-state index in [0.29, 0.717) is 4.90 Å². The van der Waals surface area contributed by atoms with E-state index in [0.717, 1.165) is 6.92 Å². The van der Waals surface area contributed by atoms with Crippen LogP contribution in [0.2, 0.25) is 0 Å². The van der Waals surface area contributed by atoms with E-state index in [1.54, 1.807) is 25.1 Å². The third kappa shape index (κ3) is 5.87. The number of carbonyl (C=O) groups is 6. The summed E-state index contributed by atoms with van der Waals surface area (Å²) < 4.78 is 32.3. The normalized spacial score (nSPS) is 22.4. The van der Waals surface area contributed by atoms with Crippen molar-refractivity contribution in [1.82, 2.24) is 30.1 Å². The van der Waals surface area contributed by atoms with E-state index in [1.165, 1.54) is 17.0 Å². The van der Waals surface area contributed by atoms with Crippen LogP contribution < -0.4 is 67.3 Å². The molecule has 0 radical (unpaired) electrons. The van der Waals surface area contributed by atoms with Gasteiger partial charge in [0.1, 0.15) is 6.04 Å². The van der Waals surface area contributed by atoms with Crippen LogP contribution in [0.25, 0.3) is 0 Å². The van der Waals surface area contributed by atoms with Crippen molar-refractivity contribution in [2.75, 3.05) is 19.6 Å². The van der Waals surface area contributed by atoms with Crippen LogP contribution in [0.5, 0.6) is 0 Å². The van der Waals surface area contributed by atoms with Gasteiger partial charge in [0, 0.05) is 19.6 Å². The Balaban J connectivity index is 0.00000361. The van der Waals surface area contributed by atoms with Crippen molar-refractivity contribution in [2.45, 2.75) is 31.6 Å². The molecule has 37 heavy (non-hydrogen) atoms. The fourth-order valence-electron chi connectivity index (χ4n) is 4.00. The molecule has 0 aromatic heterocycles. The molecule has 196 valence electrons. The van der Waals surface area contributed by atoms with E-state index in [9.17, 15) is 41.7 Å². The van der Waals surface area contributed by atoms with Gasteiger partial charge in [-0.05, 0) is 19.4 Å². The van der Waals surface area contributed by atoms with Crippen molar-refractivity contribution in [1.29, 1.82) is 0 Å². The number of hydrogen-bond donors (Lipinski definition) is 4. The first-order chi connectivity index (χ1) is 16.9. The van der Waals surface area contributed by atoms with Gasteiger partial charge in [-0.25, -0.2) is 9.10 Å². The number of amides is 7. The van der Waals surface area contributed by atoms with Crippen molar-refractivity contribution in [2.24, 2.45) is 0 Å². The summed E-state index contributed by atoms with van der Waals surface area (Å²) in [6.07, 6.45) is 0.0591. The molecule has 0 aliphatic carbocycles. The van der Waals surface area contributed by atoms with Crippen LogP contribution in [0.1, 0.15) is 26.9 Å². The SMILES string of the molecule is CCN1CCN(C(=O)NC(C(=O)NC2(NC=O)C(=O)N(S(=O)(=O)O)C2C)c2ccccc2)C(=O)C1=O.[H-].[K+]. The minimum atomic E-state index is -4.99. The predicted octanol–water partition coefficient (Wildman–Crippen LogP) is -5.16. The van der Waals surface area contributed by atoms with Crippen LogP contribution in [0, 0.1) is 0 Å². The number of hydrogen-bond acceptors (Lipinski definition) is 8. The number of carbonyl (C=O) groups excluding carboxylic acids is 6. The Hall–Kier alpha value is -2.41. The molecule has 2 aliphatic rings. The number of likely N-dealkylation sites (N-methyl/N-ethyl adjacent to an activating group) is 1. The smallest absolute Gasteiger partial charge is 1.00 e. The number of benzene rings is 1. The summed E-state index contributed by atoms with van der Waals surface area (Å²) in [5.74, 6) is -4.36. The van der Waals surface area contributed by atoms with E-state index in [4.69, 9.17) is 0 Å². The fourth-order valence-corrected chi connectivity index (χ4v) is 4.91. The average Bonchev–Trinajstić information content (AvgIpc) is 2.83. The van der Waals surface area contributed by atoms with Gasteiger partial charge in [0.15, 0.2) is 0 Å². The first kappa shape index (κ1) is 30.8.